The molecule has 1 amide bonds. The zero-order chi connectivity index (χ0) is 38.4. The Bertz CT molecular complexity index is 2830. The molecule has 0 bridgehead atoms. The maximum absolute atomic E-state index is 14.1. The van der Waals surface area contributed by atoms with Gasteiger partial charge >= 0.3 is 0 Å². The van der Waals surface area contributed by atoms with Crippen LogP contribution in [-0.4, -0.2) is 40.7 Å². The van der Waals surface area contributed by atoms with Gasteiger partial charge < -0.3 is 15.3 Å². The molecule has 8 aromatic rings. The van der Waals surface area contributed by atoms with Crippen molar-refractivity contribution in [3.05, 3.63) is 177 Å². The fourth-order valence-corrected chi connectivity index (χ4v) is 8.89. The molecule has 0 fully saturated rings. The lowest BCUT2D eigenvalue weighted by molar-refractivity contribution is 0.102. The predicted molar refractivity (Wildman–Crippen MR) is 219 cm³/mol. The number of benzene rings is 5. The topological polar surface area (TPSA) is 125 Å². The van der Waals surface area contributed by atoms with Gasteiger partial charge in [0.25, 0.3) is 21.5 Å². The van der Waals surface area contributed by atoms with E-state index in [1.165, 1.54) is 29.9 Å². The lowest BCUT2D eigenvalue weighted by atomic mass is 9.85. The van der Waals surface area contributed by atoms with Crippen molar-refractivity contribution < 1.29 is 13.2 Å². The summed E-state index contributed by atoms with van der Waals surface area (Å²) in [7, 11) is -1.29. The number of para-hydroxylation sites is 4. The highest BCUT2D eigenvalue weighted by atomic mass is 35.5. The summed E-state index contributed by atoms with van der Waals surface area (Å²) in [4.78, 5) is 34.4. The number of halogens is 1. The quantitative estimate of drug-likeness (QED) is 0.129. The third-order valence-electron chi connectivity index (χ3n) is 10.4. The van der Waals surface area contributed by atoms with E-state index >= 15 is 0 Å². The van der Waals surface area contributed by atoms with Crippen LogP contribution in [0.1, 0.15) is 38.7 Å². The van der Waals surface area contributed by atoms with Crippen molar-refractivity contribution in [3.63, 3.8) is 0 Å². The molecule has 0 atom stereocenters. The molecule has 5 aromatic carbocycles. The minimum absolute atomic E-state index is 0.0128. The second-order valence-electron chi connectivity index (χ2n) is 13.5. The van der Waals surface area contributed by atoms with Crippen LogP contribution in [0.5, 0.6) is 0 Å². The maximum atomic E-state index is 14.1. The van der Waals surface area contributed by atoms with Gasteiger partial charge in [0.2, 0.25) is 0 Å². The van der Waals surface area contributed by atoms with Gasteiger partial charge in [-0.1, -0.05) is 84.4 Å². The monoisotopic (exact) mass is 768 g/mol. The number of sulfonamides is 1. The van der Waals surface area contributed by atoms with Gasteiger partial charge in [-0.3, -0.25) is 18.6 Å². The summed E-state index contributed by atoms with van der Waals surface area (Å²) in [5.41, 5.74) is 6.25. The molecule has 0 spiro atoms. The Labute approximate surface area is 322 Å². The van der Waals surface area contributed by atoms with Gasteiger partial charge in [0.15, 0.2) is 0 Å². The number of amides is 1. The number of hydrogen-bond acceptors (Lipinski definition) is 4. The first-order valence-corrected chi connectivity index (χ1v) is 19.5. The van der Waals surface area contributed by atoms with Crippen molar-refractivity contribution >= 4 is 60.7 Å². The van der Waals surface area contributed by atoms with Gasteiger partial charge in [-0.05, 0) is 78.6 Å². The SMILES string of the molecule is Cc1c(N(C)S(=O)(=O)c2ccc(Cl)c(C(=O)Nc3ccccc3CC(c3c[nH]c4ccccc34)c3c[nH]c4ccccc34)c2)c(=O)n(-c2ccccc2)n1C. The van der Waals surface area contributed by atoms with Gasteiger partial charge in [-0.15, -0.1) is 0 Å². The lowest BCUT2D eigenvalue weighted by Gasteiger charge is -2.20. The maximum Gasteiger partial charge on any atom is 0.296 e. The van der Waals surface area contributed by atoms with Crippen LogP contribution in [0, 0.1) is 6.92 Å². The fourth-order valence-electron chi connectivity index (χ4n) is 7.42. The average molecular weight is 769 g/mol. The molecule has 0 saturated carbocycles. The van der Waals surface area contributed by atoms with Crippen molar-refractivity contribution in [2.24, 2.45) is 7.05 Å². The van der Waals surface area contributed by atoms with Crippen LogP contribution in [-0.2, 0) is 23.5 Å². The molecule has 55 heavy (non-hydrogen) atoms. The number of rotatable bonds is 10. The van der Waals surface area contributed by atoms with E-state index in [0.717, 1.165) is 42.8 Å². The van der Waals surface area contributed by atoms with Gasteiger partial charge in [0, 0.05) is 59.9 Å². The number of nitrogens with one attached hydrogen (secondary N) is 3. The van der Waals surface area contributed by atoms with Crippen LogP contribution in [0.4, 0.5) is 11.4 Å². The average Bonchev–Trinajstić information content (AvgIpc) is 3.88. The number of aromatic nitrogens is 4. The molecule has 0 saturated heterocycles. The molecule has 12 heteroatoms. The first-order chi connectivity index (χ1) is 26.5. The van der Waals surface area contributed by atoms with E-state index in [2.05, 4.69) is 51.9 Å². The van der Waals surface area contributed by atoms with Gasteiger partial charge in [0.05, 0.1) is 26.9 Å². The Morgan fingerprint density at radius 3 is 2.05 bits per heavy atom. The third kappa shape index (κ3) is 6.30. The normalized spacial score (nSPS) is 11.8. The Hall–Kier alpha value is -6.30. The Morgan fingerprint density at radius 2 is 1.40 bits per heavy atom. The number of carbonyl (C=O) groups excluding carboxylic acids is 1. The van der Waals surface area contributed by atoms with Crippen molar-refractivity contribution in [2.75, 3.05) is 16.7 Å². The van der Waals surface area contributed by atoms with E-state index in [1.807, 2.05) is 54.6 Å². The molecule has 0 unspecified atom stereocenters. The van der Waals surface area contributed by atoms with Gasteiger partial charge in [-0.25, -0.2) is 13.1 Å². The molecular formula is C43H37ClN6O4S. The zero-order valence-corrected chi connectivity index (χ0v) is 31.8. The van der Waals surface area contributed by atoms with Crippen molar-refractivity contribution in [1.29, 1.82) is 0 Å². The molecule has 0 radical (unpaired) electrons. The van der Waals surface area contributed by atoms with E-state index in [-0.39, 0.29) is 27.1 Å². The first kappa shape index (κ1) is 35.7. The molecular weight excluding hydrogens is 732 g/mol. The summed E-state index contributed by atoms with van der Waals surface area (Å²) in [6.07, 6.45) is 4.65. The van der Waals surface area contributed by atoms with Gasteiger partial charge in [0.1, 0.15) is 5.69 Å². The van der Waals surface area contributed by atoms with Crippen LogP contribution in [0.15, 0.2) is 143 Å². The molecule has 3 heterocycles. The Balaban J connectivity index is 1.12. The number of aromatic amines is 2. The van der Waals surface area contributed by atoms with E-state index in [4.69, 9.17) is 11.6 Å². The largest absolute Gasteiger partial charge is 0.361 e. The van der Waals surface area contributed by atoms with E-state index in [9.17, 15) is 18.0 Å². The van der Waals surface area contributed by atoms with Crippen molar-refractivity contribution in [2.45, 2.75) is 24.2 Å². The summed E-state index contributed by atoms with van der Waals surface area (Å²) >= 11 is 6.58. The fraction of sp³-hybridized carbons (Fsp3) is 0.116. The molecule has 276 valence electrons. The Kier molecular flexibility index (Phi) is 9.20. The molecule has 3 N–H and O–H groups in total. The standard InChI is InChI=1S/C43H37ClN6O4S/c1-27-41(43(52)50(48(27)2)29-14-5-4-6-15-29)49(3)55(53,54)30-21-22-37(44)34(24-30)42(51)47-38-18-10-7-13-28(38)23-33(35-25-45-39-19-11-8-16-31(35)39)36-26-46-40-20-12-9-17-32(36)40/h4-22,24-26,33,45-46H,23H2,1-3H3,(H,47,51). The minimum atomic E-state index is -4.32. The number of carbonyl (C=O) groups is 1. The summed E-state index contributed by atoms with van der Waals surface area (Å²) in [6.45, 7) is 1.68. The van der Waals surface area contributed by atoms with Crippen molar-refractivity contribution in [1.82, 2.24) is 19.3 Å². The molecule has 0 aliphatic heterocycles. The molecule has 10 nitrogen and oxygen atoms in total. The number of nitrogens with zero attached hydrogens (tertiary/aromatic N) is 3. The summed E-state index contributed by atoms with van der Waals surface area (Å²) in [5, 5.41) is 5.32. The van der Waals surface area contributed by atoms with Crippen LogP contribution >= 0.6 is 11.6 Å². The number of fused-ring (bicyclic) bond motifs is 2. The molecule has 0 aliphatic carbocycles. The smallest absolute Gasteiger partial charge is 0.296 e. The number of anilines is 2. The van der Waals surface area contributed by atoms with E-state index in [0.29, 0.717) is 23.5 Å². The van der Waals surface area contributed by atoms with Crippen LogP contribution in [0.3, 0.4) is 0 Å². The third-order valence-corrected chi connectivity index (χ3v) is 12.4. The predicted octanol–water partition coefficient (Wildman–Crippen LogP) is 8.55. The molecule has 3 aromatic heterocycles. The number of H-pyrrole nitrogens is 2. The molecule has 8 rings (SSSR count). The summed E-state index contributed by atoms with van der Waals surface area (Å²) in [5.74, 6) is -0.666. The highest BCUT2D eigenvalue weighted by Gasteiger charge is 2.30. The second-order valence-corrected chi connectivity index (χ2v) is 15.8. The highest BCUT2D eigenvalue weighted by molar-refractivity contribution is 7.92. The van der Waals surface area contributed by atoms with Crippen LogP contribution in [0.2, 0.25) is 5.02 Å². The van der Waals surface area contributed by atoms with Crippen molar-refractivity contribution in [3.8, 4) is 5.69 Å². The van der Waals surface area contributed by atoms with Crippen LogP contribution in [0.25, 0.3) is 27.5 Å². The highest BCUT2D eigenvalue weighted by Crippen LogP contribution is 2.38. The second kappa shape index (κ2) is 14.2. The van der Waals surface area contributed by atoms with Gasteiger partial charge in [-0.2, -0.15) is 0 Å². The number of hydrogen-bond donors (Lipinski definition) is 3. The molecule has 0 aliphatic rings. The van der Waals surface area contributed by atoms with E-state index in [1.54, 1.807) is 42.9 Å². The summed E-state index contributed by atoms with van der Waals surface area (Å²) in [6, 6.07) is 36.9. The summed E-state index contributed by atoms with van der Waals surface area (Å²) < 4.78 is 32.2. The lowest BCUT2D eigenvalue weighted by Crippen LogP contribution is -2.32. The van der Waals surface area contributed by atoms with E-state index < -0.39 is 21.5 Å². The minimum Gasteiger partial charge on any atom is -0.361 e. The first-order valence-electron chi connectivity index (χ1n) is 17.7. The Morgan fingerprint density at radius 1 is 0.818 bits per heavy atom. The van der Waals surface area contributed by atoms with Crippen LogP contribution < -0.4 is 15.2 Å². The zero-order valence-electron chi connectivity index (χ0n) is 30.2.